The average Bonchev–Trinajstić information content (AvgIpc) is 3.03. The van der Waals surface area contributed by atoms with E-state index < -0.39 is 0 Å². The van der Waals surface area contributed by atoms with Gasteiger partial charge in [-0.25, -0.2) is 11.6 Å². The first-order valence-corrected chi connectivity index (χ1v) is 6.71. The van der Waals surface area contributed by atoms with E-state index in [4.69, 9.17) is 0 Å². The molecule has 22 heavy (non-hydrogen) atoms. The molecule has 0 fully saturated rings. The molecule has 1 radical (unpaired) electrons. The van der Waals surface area contributed by atoms with Gasteiger partial charge in [-0.3, -0.25) is 6.08 Å². The summed E-state index contributed by atoms with van der Waals surface area (Å²) in [4.78, 5) is 0. The van der Waals surface area contributed by atoms with E-state index in [1.54, 1.807) is 0 Å². The van der Waals surface area contributed by atoms with Crippen molar-refractivity contribution < 1.29 is 51.0 Å². The van der Waals surface area contributed by atoms with E-state index >= 15 is 0 Å². The fourth-order valence-corrected chi connectivity index (χ4v) is 2.77. The summed E-state index contributed by atoms with van der Waals surface area (Å²) in [5.74, 6) is 0. The Morgan fingerprint density at radius 1 is 0.818 bits per heavy atom. The van der Waals surface area contributed by atoms with Crippen molar-refractivity contribution in [3.05, 3.63) is 95.6 Å². The van der Waals surface area contributed by atoms with Crippen molar-refractivity contribution in [1.82, 2.24) is 0 Å². The fourth-order valence-electron chi connectivity index (χ4n) is 2.77. The Labute approximate surface area is 164 Å². The largest absolute Gasteiger partial charge is 3.00 e. The van der Waals surface area contributed by atoms with Crippen molar-refractivity contribution in [3.8, 4) is 0 Å². The van der Waals surface area contributed by atoms with Crippen molar-refractivity contribution in [3.63, 3.8) is 0 Å². The maximum atomic E-state index is 3.50. The molecule has 1 aliphatic carbocycles. The topological polar surface area (TPSA) is 0 Å². The smallest absolute Gasteiger partial charge is 1.00 e. The van der Waals surface area contributed by atoms with E-state index in [1.807, 2.05) is 0 Å². The third kappa shape index (κ3) is 4.02. The molecule has 0 heterocycles. The zero-order chi connectivity index (χ0) is 13.1. The normalized spacial score (nSPS) is 12.5. The minimum Gasteiger partial charge on any atom is -1.00 e. The Morgan fingerprint density at radius 3 is 1.64 bits per heavy atom. The molecule has 0 aliphatic heterocycles. The van der Waals surface area contributed by atoms with Gasteiger partial charge in [0.05, 0.1) is 0 Å². The Morgan fingerprint density at radius 2 is 1.27 bits per heavy atom. The van der Waals surface area contributed by atoms with Crippen LogP contribution < -0.4 is 24.8 Å². The summed E-state index contributed by atoms with van der Waals surface area (Å²) in [5.41, 5.74) is 3.78. The monoisotopic (exact) mass is 405 g/mol. The van der Waals surface area contributed by atoms with Crippen LogP contribution in [0.25, 0.3) is 0 Å². The van der Waals surface area contributed by atoms with Crippen LogP contribution >= 0.6 is 0 Å². The molecule has 0 saturated carbocycles. The second-order valence-electron chi connectivity index (χ2n) is 5.05. The first-order chi connectivity index (χ1) is 9.32. The van der Waals surface area contributed by atoms with Crippen LogP contribution in [0.1, 0.15) is 24.5 Å². The Balaban J connectivity index is 0.00000147. The number of hydrogen-bond acceptors (Lipinski definition) is 0. The van der Waals surface area contributed by atoms with Gasteiger partial charge in [-0.2, -0.15) is 6.08 Å². The minimum absolute atomic E-state index is 0. The Kier molecular flexibility index (Phi) is 9.24. The zero-order valence-corrected chi connectivity index (χ0v) is 16.4. The van der Waals surface area contributed by atoms with Crippen LogP contribution in [0.5, 0.6) is 0 Å². The molecule has 0 bridgehead atoms. The van der Waals surface area contributed by atoms with Gasteiger partial charge in [0, 0.05) is 5.41 Å². The molecule has 2 aromatic carbocycles. The fraction of sp³-hybridized carbons (Fsp3) is 0.158. The van der Waals surface area contributed by atoms with Crippen LogP contribution in [-0.2, 0) is 31.6 Å². The van der Waals surface area contributed by atoms with Crippen LogP contribution in [0.2, 0.25) is 0 Å². The summed E-state index contributed by atoms with van der Waals surface area (Å²) in [6, 6.07) is 21.4. The second-order valence-corrected chi connectivity index (χ2v) is 5.05. The Bertz CT molecular complexity index is 579. The van der Waals surface area contributed by atoms with Crippen molar-refractivity contribution in [2.24, 2.45) is 0 Å². The summed E-state index contributed by atoms with van der Waals surface area (Å²) in [7, 11) is 0. The van der Waals surface area contributed by atoms with Gasteiger partial charge < -0.3 is 24.8 Å². The quantitative estimate of drug-likeness (QED) is 0.555. The Hall–Kier alpha value is -0.617. The van der Waals surface area contributed by atoms with Crippen molar-refractivity contribution in [2.75, 3.05) is 0 Å². The molecule has 0 saturated heterocycles. The van der Waals surface area contributed by atoms with Crippen molar-refractivity contribution >= 4 is 0 Å². The van der Waals surface area contributed by atoms with Crippen LogP contribution in [0.15, 0.2) is 78.4 Å². The van der Waals surface area contributed by atoms with Gasteiger partial charge in [-0.05, 0) is 11.1 Å². The number of halogens is 2. The van der Waals surface area contributed by atoms with E-state index in [2.05, 4.69) is 85.8 Å². The predicted molar refractivity (Wildman–Crippen MR) is 79.9 cm³/mol. The summed E-state index contributed by atoms with van der Waals surface area (Å²) in [6.07, 6.45) is 8.81. The summed E-state index contributed by atoms with van der Waals surface area (Å²) in [6.45, 7) is 2.29. The van der Waals surface area contributed by atoms with Gasteiger partial charge in [0.2, 0.25) is 0 Å². The molecule has 0 spiro atoms. The zero-order valence-electron chi connectivity index (χ0n) is 12.4. The first-order valence-electron chi connectivity index (χ1n) is 6.71. The van der Waals surface area contributed by atoms with E-state index in [9.17, 15) is 0 Å². The van der Waals surface area contributed by atoms with Gasteiger partial charge in [-0.1, -0.05) is 67.6 Å². The van der Waals surface area contributed by atoms with Gasteiger partial charge >= 0.3 is 26.2 Å². The molecule has 0 amide bonds. The van der Waals surface area contributed by atoms with Gasteiger partial charge in [-0.15, -0.1) is 6.42 Å². The van der Waals surface area contributed by atoms with E-state index in [0.29, 0.717) is 0 Å². The molecule has 0 N–H and O–H groups in total. The van der Waals surface area contributed by atoms with Crippen molar-refractivity contribution in [2.45, 2.75) is 18.8 Å². The summed E-state index contributed by atoms with van der Waals surface area (Å²) >= 11 is 0. The van der Waals surface area contributed by atoms with E-state index in [-0.39, 0.29) is 56.4 Å². The molecule has 0 atom stereocenters. The molecule has 3 heteroatoms. The molecule has 0 aromatic heterocycles. The van der Waals surface area contributed by atoms with Crippen molar-refractivity contribution in [1.29, 1.82) is 0 Å². The summed E-state index contributed by atoms with van der Waals surface area (Å²) < 4.78 is 0. The van der Waals surface area contributed by atoms with Crippen LogP contribution in [-0.4, -0.2) is 0 Å². The van der Waals surface area contributed by atoms with Gasteiger partial charge in [0.15, 0.2) is 0 Å². The third-order valence-corrected chi connectivity index (χ3v) is 3.94. The molecule has 0 nitrogen and oxygen atoms in total. The molecule has 2 aromatic rings. The standard InChI is InChI=1S/C19H17.2ClH.Zr/c1-19(18-14-8-9-15-18,16-10-4-2-5-11-16)17-12-6-3-7-13-17;;;/h2-8,10-14H,9H2,1H3;2*1H;/q-1;;;+3/p-2. The molecule has 111 valence electrons. The average molecular weight is 407 g/mol. The molecular formula is C19H17Cl2Zr. The number of allylic oxidation sites excluding steroid dienone is 4. The van der Waals surface area contributed by atoms with Crippen LogP contribution in [0.4, 0.5) is 0 Å². The maximum Gasteiger partial charge on any atom is 3.00 e. The van der Waals surface area contributed by atoms with E-state index in [0.717, 1.165) is 6.42 Å². The third-order valence-electron chi connectivity index (χ3n) is 3.94. The number of rotatable bonds is 3. The predicted octanol–water partition coefficient (Wildman–Crippen LogP) is -1.31. The van der Waals surface area contributed by atoms with Crippen LogP contribution in [0, 0.1) is 6.08 Å². The SMILES string of the molecule is CC(C1=[C-]CC=C1)(c1ccccc1)c1ccccc1.[Cl-].[Cl-].[Zr+3]. The molecule has 3 rings (SSSR count). The van der Waals surface area contributed by atoms with Gasteiger partial charge in [0.1, 0.15) is 0 Å². The number of benzene rings is 2. The minimum atomic E-state index is -0.116. The molecular weight excluding hydrogens is 390 g/mol. The maximum absolute atomic E-state index is 3.50. The number of hydrogen-bond donors (Lipinski definition) is 0. The first kappa shape index (κ1) is 21.4. The second kappa shape index (κ2) is 9.51. The van der Waals surface area contributed by atoms with E-state index in [1.165, 1.54) is 16.7 Å². The van der Waals surface area contributed by atoms with Crippen LogP contribution in [0.3, 0.4) is 0 Å². The molecule has 0 unspecified atom stereocenters. The summed E-state index contributed by atoms with van der Waals surface area (Å²) in [5, 5.41) is 0. The molecule has 1 aliphatic rings. The van der Waals surface area contributed by atoms with Gasteiger partial charge in [0.25, 0.3) is 0 Å².